The fourth-order valence-electron chi connectivity index (χ4n) is 2.03. The average molecular weight is 229 g/mol. The topological polar surface area (TPSA) is 50.9 Å². The average Bonchev–Trinajstić information content (AvgIpc) is 3.04. The highest BCUT2D eigenvalue weighted by molar-refractivity contribution is 5.31. The van der Waals surface area contributed by atoms with E-state index >= 15 is 0 Å². The van der Waals surface area contributed by atoms with Crippen LogP contribution in [0.3, 0.4) is 0 Å². The molecular weight excluding hydrogens is 214 g/mol. The number of benzene rings is 1. The monoisotopic (exact) mass is 229 g/mol. The van der Waals surface area contributed by atoms with E-state index in [4.69, 9.17) is 0 Å². The van der Waals surface area contributed by atoms with E-state index in [0.29, 0.717) is 5.92 Å². The van der Waals surface area contributed by atoms with E-state index in [1.54, 1.807) is 10.9 Å². The van der Waals surface area contributed by atoms with Gasteiger partial charge in [0.2, 0.25) is 0 Å². The van der Waals surface area contributed by atoms with Crippen molar-refractivity contribution in [2.75, 3.05) is 0 Å². The first kappa shape index (κ1) is 10.5. The third-order valence-corrected chi connectivity index (χ3v) is 3.17. The van der Waals surface area contributed by atoms with Gasteiger partial charge in [0.25, 0.3) is 0 Å². The van der Waals surface area contributed by atoms with Gasteiger partial charge in [0.05, 0.1) is 23.7 Å². The molecule has 1 fully saturated rings. The van der Waals surface area contributed by atoms with Gasteiger partial charge in [-0.2, -0.15) is 0 Å². The molecule has 1 saturated carbocycles. The molecule has 17 heavy (non-hydrogen) atoms. The van der Waals surface area contributed by atoms with Crippen LogP contribution < -0.4 is 0 Å². The Balaban J connectivity index is 1.88. The molecule has 0 aliphatic heterocycles. The second-order valence-corrected chi connectivity index (χ2v) is 4.60. The molecule has 1 unspecified atom stereocenters. The van der Waals surface area contributed by atoms with E-state index in [9.17, 15) is 5.11 Å². The van der Waals surface area contributed by atoms with Crippen LogP contribution >= 0.6 is 0 Å². The molecule has 1 heterocycles. The van der Waals surface area contributed by atoms with E-state index in [1.807, 2.05) is 30.3 Å². The molecule has 3 rings (SSSR count). The van der Waals surface area contributed by atoms with Crippen LogP contribution in [0, 0.1) is 5.92 Å². The summed E-state index contributed by atoms with van der Waals surface area (Å²) in [6, 6.07) is 9.78. The van der Waals surface area contributed by atoms with Gasteiger partial charge in [-0.25, -0.2) is 4.68 Å². The largest absolute Gasteiger partial charge is 0.387 e. The first-order valence-corrected chi connectivity index (χ1v) is 5.98. The van der Waals surface area contributed by atoms with Crippen LogP contribution in [0.15, 0.2) is 36.5 Å². The number of aliphatic hydroxyl groups is 1. The predicted octanol–water partition coefficient (Wildman–Crippen LogP) is 2.10. The zero-order valence-corrected chi connectivity index (χ0v) is 9.53. The molecule has 0 bridgehead atoms. The van der Waals surface area contributed by atoms with E-state index in [-0.39, 0.29) is 0 Å². The summed E-state index contributed by atoms with van der Waals surface area (Å²) in [5, 5.41) is 18.1. The molecule has 1 N–H and O–H groups in total. The Bertz CT molecular complexity index is 490. The van der Waals surface area contributed by atoms with Crippen molar-refractivity contribution in [1.82, 2.24) is 15.0 Å². The standard InChI is InChI=1S/C13H15N3O/c17-13(8-10-6-7-10)12-9-14-15-16(12)11-4-2-1-3-5-11/h1-5,9-10,13,17H,6-8H2. The summed E-state index contributed by atoms with van der Waals surface area (Å²) < 4.78 is 1.72. The molecule has 2 aromatic rings. The van der Waals surface area contributed by atoms with Crippen molar-refractivity contribution in [2.45, 2.75) is 25.4 Å². The van der Waals surface area contributed by atoms with Crippen LogP contribution in [0.2, 0.25) is 0 Å². The highest BCUT2D eigenvalue weighted by atomic mass is 16.3. The van der Waals surface area contributed by atoms with E-state index in [1.165, 1.54) is 12.8 Å². The minimum Gasteiger partial charge on any atom is -0.387 e. The van der Waals surface area contributed by atoms with Gasteiger partial charge in [-0.3, -0.25) is 0 Å². The summed E-state index contributed by atoms with van der Waals surface area (Å²) in [7, 11) is 0. The highest BCUT2D eigenvalue weighted by Gasteiger charge is 2.27. The number of rotatable bonds is 4. The van der Waals surface area contributed by atoms with Gasteiger partial charge in [0.15, 0.2) is 0 Å². The fourth-order valence-corrected chi connectivity index (χ4v) is 2.03. The van der Waals surface area contributed by atoms with Crippen LogP contribution in [0.5, 0.6) is 0 Å². The van der Waals surface area contributed by atoms with Crippen molar-refractivity contribution < 1.29 is 5.11 Å². The van der Waals surface area contributed by atoms with Gasteiger partial charge in [0.1, 0.15) is 0 Å². The number of nitrogens with zero attached hydrogens (tertiary/aromatic N) is 3. The Morgan fingerprint density at radius 3 is 2.76 bits per heavy atom. The van der Waals surface area contributed by atoms with Crippen LogP contribution in [-0.2, 0) is 0 Å². The summed E-state index contributed by atoms with van der Waals surface area (Å²) in [6.07, 6.45) is 4.49. The maximum Gasteiger partial charge on any atom is 0.0980 e. The Hall–Kier alpha value is -1.68. The molecule has 0 amide bonds. The molecule has 88 valence electrons. The third kappa shape index (κ3) is 2.22. The number of aromatic nitrogens is 3. The summed E-state index contributed by atoms with van der Waals surface area (Å²) >= 11 is 0. The van der Waals surface area contributed by atoms with Crippen LogP contribution in [-0.4, -0.2) is 20.1 Å². The fraction of sp³-hybridized carbons (Fsp3) is 0.385. The maximum absolute atomic E-state index is 10.2. The lowest BCUT2D eigenvalue weighted by atomic mass is 10.1. The SMILES string of the molecule is OC(CC1CC1)c1cnnn1-c1ccccc1. The van der Waals surface area contributed by atoms with Crippen molar-refractivity contribution in [2.24, 2.45) is 5.92 Å². The minimum atomic E-state index is -0.460. The van der Waals surface area contributed by atoms with Crippen LogP contribution in [0.1, 0.15) is 31.1 Å². The molecule has 1 aliphatic carbocycles. The third-order valence-electron chi connectivity index (χ3n) is 3.17. The zero-order chi connectivity index (χ0) is 11.7. The molecule has 1 atom stereocenters. The maximum atomic E-state index is 10.2. The first-order valence-electron chi connectivity index (χ1n) is 5.98. The lowest BCUT2D eigenvalue weighted by Crippen LogP contribution is -2.08. The molecule has 4 heteroatoms. The molecule has 4 nitrogen and oxygen atoms in total. The van der Waals surface area contributed by atoms with Gasteiger partial charge in [0, 0.05) is 0 Å². The zero-order valence-electron chi connectivity index (χ0n) is 9.53. The van der Waals surface area contributed by atoms with Crippen molar-refractivity contribution in [3.63, 3.8) is 0 Å². The quantitative estimate of drug-likeness (QED) is 0.873. The number of para-hydroxylation sites is 1. The van der Waals surface area contributed by atoms with Crippen molar-refractivity contribution >= 4 is 0 Å². The van der Waals surface area contributed by atoms with E-state index < -0.39 is 6.10 Å². The molecule has 0 saturated heterocycles. The van der Waals surface area contributed by atoms with Crippen LogP contribution in [0.4, 0.5) is 0 Å². The van der Waals surface area contributed by atoms with Gasteiger partial charge < -0.3 is 5.11 Å². The van der Waals surface area contributed by atoms with Crippen molar-refractivity contribution in [1.29, 1.82) is 0 Å². The summed E-state index contributed by atoms with van der Waals surface area (Å²) in [5.41, 5.74) is 1.72. The summed E-state index contributed by atoms with van der Waals surface area (Å²) in [5.74, 6) is 0.684. The number of aliphatic hydroxyl groups excluding tert-OH is 1. The van der Waals surface area contributed by atoms with Gasteiger partial charge in [-0.1, -0.05) is 36.3 Å². The van der Waals surface area contributed by atoms with Crippen molar-refractivity contribution in [3.05, 3.63) is 42.2 Å². The van der Waals surface area contributed by atoms with Gasteiger partial charge >= 0.3 is 0 Å². The Labute approximate surface area is 99.9 Å². The Kier molecular flexibility index (Phi) is 2.65. The van der Waals surface area contributed by atoms with Crippen molar-refractivity contribution in [3.8, 4) is 5.69 Å². The Morgan fingerprint density at radius 2 is 2.06 bits per heavy atom. The molecule has 1 aliphatic rings. The number of hydrogen-bond acceptors (Lipinski definition) is 3. The van der Waals surface area contributed by atoms with E-state index in [2.05, 4.69) is 10.3 Å². The molecule has 0 spiro atoms. The normalized spacial score (nSPS) is 17.0. The van der Waals surface area contributed by atoms with Crippen LogP contribution in [0.25, 0.3) is 5.69 Å². The van der Waals surface area contributed by atoms with Gasteiger partial charge in [-0.15, -0.1) is 5.10 Å². The van der Waals surface area contributed by atoms with Gasteiger partial charge in [-0.05, 0) is 24.5 Å². The van der Waals surface area contributed by atoms with E-state index in [0.717, 1.165) is 17.8 Å². The lowest BCUT2D eigenvalue weighted by Gasteiger charge is -2.11. The number of hydrogen-bond donors (Lipinski definition) is 1. The molecule has 0 radical (unpaired) electrons. The first-order chi connectivity index (χ1) is 8.34. The molecule has 1 aromatic heterocycles. The Morgan fingerprint density at radius 1 is 1.29 bits per heavy atom. The molecule has 1 aromatic carbocycles. The second kappa shape index (κ2) is 4.30. The molecular formula is C13H15N3O. The second-order valence-electron chi connectivity index (χ2n) is 4.60. The lowest BCUT2D eigenvalue weighted by molar-refractivity contribution is 0.153. The minimum absolute atomic E-state index is 0.460. The summed E-state index contributed by atoms with van der Waals surface area (Å²) in [6.45, 7) is 0. The predicted molar refractivity (Wildman–Crippen MR) is 63.7 cm³/mol. The summed E-state index contributed by atoms with van der Waals surface area (Å²) in [4.78, 5) is 0. The smallest absolute Gasteiger partial charge is 0.0980 e. The highest BCUT2D eigenvalue weighted by Crippen LogP contribution is 2.37.